The maximum atomic E-state index is 6.04. The van der Waals surface area contributed by atoms with E-state index in [9.17, 15) is 0 Å². The Bertz CT molecular complexity index is 382. The Morgan fingerprint density at radius 1 is 1.05 bits per heavy atom. The molecule has 1 rings (SSSR count). The molecule has 1 atom stereocenters. The quantitative estimate of drug-likeness (QED) is 0.703. The van der Waals surface area contributed by atoms with Gasteiger partial charge in [-0.1, -0.05) is 20.8 Å². The van der Waals surface area contributed by atoms with Crippen molar-refractivity contribution < 1.29 is 4.74 Å². The molecule has 1 aromatic rings. The van der Waals surface area contributed by atoms with Crippen LogP contribution in [0.2, 0.25) is 0 Å². The summed E-state index contributed by atoms with van der Waals surface area (Å²) < 4.78 is 8.02. The number of hydrogen-bond acceptors (Lipinski definition) is 2. The van der Waals surface area contributed by atoms with Gasteiger partial charge in [0.05, 0.1) is 15.0 Å². The van der Waals surface area contributed by atoms with Crippen LogP contribution in [0.15, 0.2) is 21.1 Å². The molecule has 0 radical (unpaired) electrons. The second-order valence-corrected chi connectivity index (χ2v) is 6.53. The van der Waals surface area contributed by atoms with E-state index in [2.05, 4.69) is 64.8 Å². The van der Waals surface area contributed by atoms with Gasteiger partial charge < -0.3 is 10.5 Å². The fraction of sp³-hybridized carbons (Fsp3) is 0.600. The zero-order chi connectivity index (χ0) is 14.4. The summed E-state index contributed by atoms with van der Waals surface area (Å²) in [5.41, 5.74) is 7.23. The van der Waals surface area contributed by atoms with E-state index in [1.165, 1.54) is 5.56 Å². The van der Waals surface area contributed by atoms with Gasteiger partial charge in [0.2, 0.25) is 0 Å². The van der Waals surface area contributed by atoms with Gasteiger partial charge in [-0.3, -0.25) is 0 Å². The van der Waals surface area contributed by atoms with Crippen LogP contribution in [0.1, 0.15) is 45.6 Å². The first-order chi connectivity index (χ1) is 9.01. The Balaban J connectivity index is 2.90. The second kappa shape index (κ2) is 8.28. The first kappa shape index (κ1) is 17.0. The SMILES string of the molecule is CCC(N)Cc1cc(Br)c(OC(CC)CC)c(Br)c1. The summed E-state index contributed by atoms with van der Waals surface area (Å²) >= 11 is 7.20. The smallest absolute Gasteiger partial charge is 0.148 e. The van der Waals surface area contributed by atoms with Crippen molar-refractivity contribution in [3.8, 4) is 5.75 Å². The third-order valence-electron chi connectivity index (χ3n) is 3.28. The Morgan fingerprint density at radius 3 is 2.00 bits per heavy atom. The van der Waals surface area contributed by atoms with Crippen LogP contribution in [0.5, 0.6) is 5.75 Å². The molecule has 19 heavy (non-hydrogen) atoms. The number of hydrogen-bond donors (Lipinski definition) is 1. The van der Waals surface area contributed by atoms with Gasteiger partial charge in [-0.05, 0) is 75.2 Å². The minimum atomic E-state index is 0.213. The lowest BCUT2D eigenvalue weighted by atomic mass is 10.0. The molecule has 0 saturated heterocycles. The third kappa shape index (κ3) is 5.09. The molecule has 0 aliphatic heterocycles. The summed E-state index contributed by atoms with van der Waals surface area (Å²) in [5.74, 6) is 0.891. The summed E-state index contributed by atoms with van der Waals surface area (Å²) in [4.78, 5) is 0. The van der Waals surface area contributed by atoms with E-state index in [1.807, 2.05) is 0 Å². The number of nitrogens with two attached hydrogens (primary N) is 1. The summed E-state index contributed by atoms with van der Waals surface area (Å²) in [6.07, 6.45) is 4.16. The van der Waals surface area contributed by atoms with E-state index in [0.717, 1.165) is 40.4 Å². The largest absolute Gasteiger partial charge is 0.488 e. The van der Waals surface area contributed by atoms with Gasteiger partial charge in [0.25, 0.3) is 0 Å². The minimum Gasteiger partial charge on any atom is -0.488 e. The molecule has 0 amide bonds. The van der Waals surface area contributed by atoms with Gasteiger partial charge in [0.1, 0.15) is 5.75 Å². The molecule has 0 aromatic heterocycles. The van der Waals surface area contributed by atoms with Crippen molar-refractivity contribution in [3.63, 3.8) is 0 Å². The molecule has 2 nitrogen and oxygen atoms in total. The predicted octanol–water partition coefficient (Wildman–Crippen LogP) is 5.06. The zero-order valence-electron chi connectivity index (χ0n) is 11.9. The topological polar surface area (TPSA) is 35.2 Å². The van der Waals surface area contributed by atoms with E-state index < -0.39 is 0 Å². The molecule has 0 aliphatic rings. The highest BCUT2D eigenvalue weighted by Gasteiger charge is 2.14. The van der Waals surface area contributed by atoms with Gasteiger partial charge in [-0.25, -0.2) is 0 Å². The standard InChI is InChI=1S/C15H23Br2NO/c1-4-11(18)7-10-8-13(16)15(14(17)9-10)19-12(5-2)6-3/h8-9,11-12H,4-7,18H2,1-3H3. The van der Waals surface area contributed by atoms with Crippen LogP contribution in [0, 0.1) is 0 Å². The molecular formula is C15H23Br2NO. The minimum absolute atomic E-state index is 0.213. The second-order valence-electron chi connectivity index (χ2n) is 4.82. The van der Waals surface area contributed by atoms with E-state index >= 15 is 0 Å². The molecule has 0 saturated carbocycles. The molecule has 1 aromatic carbocycles. The lowest BCUT2D eigenvalue weighted by molar-refractivity contribution is 0.190. The monoisotopic (exact) mass is 391 g/mol. The highest BCUT2D eigenvalue weighted by atomic mass is 79.9. The molecule has 108 valence electrons. The molecule has 0 aliphatic carbocycles. The summed E-state index contributed by atoms with van der Waals surface area (Å²) in [6.45, 7) is 6.40. The van der Waals surface area contributed by atoms with Crippen molar-refractivity contribution in [1.29, 1.82) is 0 Å². The van der Waals surface area contributed by atoms with Gasteiger partial charge in [0, 0.05) is 6.04 Å². The molecule has 2 N–H and O–H groups in total. The summed E-state index contributed by atoms with van der Waals surface area (Å²) in [5, 5.41) is 0. The summed E-state index contributed by atoms with van der Waals surface area (Å²) in [7, 11) is 0. The van der Waals surface area contributed by atoms with Crippen molar-refractivity contribution in [2.45, 2.75) is 58.6 Å². The van der Waals surface area contributed by atoms with Gasteiger partial charge in [-0.15, -0.1) is 0 Å². The highest BCUT2D eigenvalue weighted by molar-refractivity contribution is 9.11. The number of benzene rings is 1. The fourth-order valence-electron chi connectivity index (χ4n) is 1.91. The third-order valence-corrected chi connectivity index (χ3v) is 4.45. The molecule has 0 bridgehead atoms. The maximum Gasteiger partial charge on any atom is 0.148 e. The first-order valence-electron chi connectivity index (χ1n) is 6.91. The summed E-state index contributed by atoms with van der Waals surface area (Å²) in [6, 6.07) is 4.43. The molecule has 1 unspecified atom stereocenters. The maximum absolute atomic E-state index is 6.04. The van der Waals surface area contributed by atoms with Crippen molar-refractivity contribution in [3.05, 3.63) is 26.6 Å². The van der Waals surface area contributed by atoms with Crippen LogP contribution in [0.25, 0.3) is 0 Å². The Morgan fingerprint density at radius 2 is 1.58 bits per heavy atom. The number of rotatable bonds is 7. The molecule has 4 heteroatoms. The Kier molecular flexibility index (Phi) is 7.40. The molecular weight excluding hydrogens is 370 g/mol. The zero-order valence-corrected chi connectivity index (χ0v) is 15.1. The molecule has 0 fully saturated rings. The van der Waals surface area contributed by atoms with Crippen LogP contribution in [-0.2, 0) is 6.42 Å². The lowest BCUT2D eigenvalue weighted by Crippen LogP contribution is -2.21. The highest BCUT2D eigenvalue weighted by Crippen LogP contribution is 2.36. The van der Waals surface area contributed by atoms with Gasteiger partial charge in [0.15, 0.2) is 0 Å². The van der Waals surface area contributed by atoms with Crippen molar-refractivity contribution >= 4 is 31.9 Å². The predicted molar refractivity (Wildman–Crippen MR) is 88.8 cm³/mol. The van der Waals surface area contributed by atoms with E-state index in [4.69, 9.17) is 10.5 Å². The van der Waals surface area contributed by atoms with Gasteiger partial charge in [-0.2, -0.15) is 0 Å². The lowest BCUT2D eigenvalue weighted by Gasteiger charge is -2.19. The van der Waals surface area contributed by atoms with Crippen molar-refractivity contribution in [2.75, 3.05) is 0 Å². The van der Waals surface area contributed by atoms with Crippen LogP contribution in [0.3, 0.4) is 0 Å². The average molecular weight is 393 g/mol. The van der Waals surface area contributed by atoms with E-state index in [-0.39, 0.29) is 12.1 Å². The molecule has 0 heterocycles. The van der Waals surface area contributed by atoms with Crippen LogP contribution >= 0.6 is 31.9 Å². The van der Waals surface area contributed by atoms with Crippen LogP contribution in [-0.4, -0.2) is 12.1 Å². The Hall–Kier alpha value is -0.0600. The Labute approximate surface area is 133 Å². The number of ether oxygens (including phenoxy) is 1. The van der Waals surface area contributed by atoms with Crippen LogP contribution < -0.4 is 10.5 Å². The molecule has 0 spiro atoms. The average Bonchev–Trinajstić information content (AvgIpc) is 2.38. The van der Waals surface area contributed by atoms with Crippen LogP contribution in [0.4, 0.5) is 0 Å². The fourth-order valence-corrected chi connectivity index (χ4v) is 3.38. The van der Waals surface area contributed by atoms with E-state index in [0.29, 0.717) is 0 Å². The van der Waals surface area contributed by atoms with E-state index in [1.54, 1.807) is 0 Å². The van der Waals surface area contributed by atoms with Crippen molar-refractivity contribution in [1.82, 2.24) is 0 Å². The first-order valence-corrected chi connectivity index (χ1v) is 8.50. The van der Waals surface area contributed by atoms with Gasteiger partial charge >= 0.3 is 0 Å². The van der Waals surface area contributed by atoms with Crippen molar-refractivity contribution in [2.24, 2.45) is 5.73 Å². The normalized spacial score (nSPS) is 12.8. The number of halogens is 2.